The molecule has 3 aromatic carbocycles. The van der Waals surface area contributed by atoms with E-state index in [1.165, 1.54) is 6.07 Å². The van der Waals surface area contributed by atoms with Crippen molar-refractivity contribution in [3.63, 3.8) is 0 Å². The minimum Gasteiger partial charge on any atom is -0.507 e. The second kappa shape index (κ2) is 7.63. The van der Waals surface area contributed by atoms with E-state index in [9.17, 15) is 13.5 Å². The van der Waals surface area contributed by atoms with E-state index in [0.29, 0.717) is 16.5 Å². The number of anilines is 2. The molecule has 25 heavy (non-hydrogen) atoms. The summed E-state index contributed by atoms with van der Waals surface area (Å²) in [6.07, 6.45) is 0. The van der Waals surface area contributed by atoms with Crippen molar-refractivity contribution >= 4 is 61.8 Å². The van der Waals surface area contributed by atoms with Crippen LogP contribution in [0.5, 0.6) is 11.5 Å². The molecule has 0 amide bonds. The molecule has 0 fully saturated rings. The maximum atomic E-state index is 11.3. The molecular formula is C17H15NNaO5S. The van der Waals surface area contributed by atoms with E-state index in [1.807, 2.05) is 24.3 Å². The molecule has 0 aliphatic rings. The van der Waals surface area contributed by atoms with E-state index >= 15 is 0 Å². The van der Waals surface area contributed by atoms with Gasteiger partial charge in [0.15, 0.2) is 0 Å². The minimum absolute atomic E-state index is 0. The molecule has 1 radical (unpaired) electrons. The summed E-state index contributed by atoms with van der Waals surface area (Å²) in [5.74, 6) is 0.526. The van der Waals surface area contributed by atoms with E-state index in [1.54, 1.807) is 25.3 Å². The Balaban J connectivity index is 0.00000225. The van der Waals surface area contributed by atoms with Crippen LogP contribution in [0.15, 0.2) is 59.5 Å². The molecule has 3 N–H and O–H groups in total. The number of rotatable bonds is 4. The number of ether oxygens (including phenoxy) is 1. The summed E-state index contributed by atoms with van der Waals surface area (Å²) in [7, 11) is -2.80. The molecule has 0 aliphatic carbocycles. The molecule has 3 rings (SSSR count). The van der Waals surface area contributed by atoms with Gasteiger partial charge in [-0.2, -0.15) is 8.42 Å². The van der Waals surface area contributed by atoms with Crippen molar-refractivity contribution in [2.75, 3.05) is 12.4 Å². The van der Waals surface area contributed by atoms with Gasteiger partial charge in [-0.05, 0) is 53.9 Å². The molecular weight excluding hydrogens is 353 g/mol. The van der Waals surface area contributed by atoms with Crippen LogP contribution in [-0.4, -0.2) is 54.7 Å². The normalized spacial score (nSPS) is 11.0. The predicted octanol–water partition coefficient (Wildman–Crippen LogP) is 3.16. The summed E-state index contributed by atoms with van der Waals surface area (Å²) in [5.41, 5.74) is 1.53. The number of hydrogen-bond acceptors (Lipinski definition) is 5. The topological polar surface area (TPSA) is 95.9 Å². The summed E-state index contributed by atoms with van der Waals surface area (Å²) in [6, 6.07) is 14.8. The Hall–Kier alpha value is -1.77. The maximum Gasteiger partial charge on any atom is 0.294 e. The van der Waals surface area contributed by atoms with E-state index in [0.717, 1.165) is 17.5 Å². The summed E-state index contributed by atoms with van der Waals surface area (Å²) < 4.78 is 36.8. The van der Waals surface area contributed by atoms with Gasteiger partial charge in [0.25, 0.3) is 10.1 Å². The number of aromatic hydroxyl groups is 1. The van der Waals surface area contributed by atoms with Crippen molar-refractivity contribution in [3.05, 3.63) is 54.6 Å². The third kappa shape index (κ3) is 4.45. The molecule has 0 aliphatic heterocycles. The number of methoxy groups -OCH3 is 1. The molecule has 0 bridgehead atoms. The second-order valence-electron chi connectivity index (χ2n) is 5.21. The van der Waals surface area contributed by atoms with E-state index in [2.05, 4.69) is 5.32 Å². The van der Waals surface area contributed by atoms with Crippen LogP contribution >= 0.6 is 0 Å². The second-order valence-corrected chi connectivity index (χ2v) is 6.63. The van der Waals surface area contributed by atoms with Crippen molar-refractivity contribution in [2.45, 2.75) is 4.90 Å². The molecule has 0 atom stereocenters. The predicted molar refractivity (Wildman–Crippen MR) is 97.5 cm³/mol. The van der Waals surface area contributed by atoms with Crippen molar-refractivity contribution in [1.29, 1.82) is 0 Å². The molecule has 3 aromatic rings. The number of fused-ring (bicyclic) bond motifs is 1. The fourth-order valence-corrected chi connectivity index (χ4v) is 2.93. The largest absolute Gasteiger partial charge is 0.507 e. The van der Waals surface area contributed by atoms with Crippen molar-refractivity contribution < 1.29 is 22.8 Å². The zero-order chi connectivity index (χ0) is 17.3. The fourth-order valence-electron chi connectivity index (χ4n) is 2.39. The summed E-state index contributed by atoms with van der Waals surface area (Å²) >= 11 is 0. The molecule has 0 unspecified atom stereocenters. The Labute approximate surface area is 167 Å². The Morgan fingerprint density at radius 1 is 0.960 bits per heavy atom. The minimum atomic E-state index is -4.39. The van der Waals surface area contributed by atoms with Gasteiger partial charge >= 0.3 is 0 Å². The van der Waals surface area contributed by atoms with E-state index < -0.39 is 10.1 Å². The van der Waals surface area contributed by atoms with Crippen LogP contribution in [-0.2, 0) is 10.1 Å². The molecule has 0 aromatic heterocycles. The van der Waals surface area contributed by atoms with Gasteiger partial charge < -0.3 is 15.2 Å². The zero-order valence-electron chi connectivity index (χ0n) is 13.7. The zero-order valence-corrected chi connectivity index (χ0v) is 16.5. The van der Waals surface area contributed by atoms with E-state index in [4.69, 9.17) is 9.29 Å². The van der Waals surface area contributed by atoms with Gasteiger partial charge in [0.2, 0.25) is 0 Å². The molecule has 0 saturated heterocycles. The maximum absolute atomic E-state index is 11.3. The monoisotopic (exact) mass is 368 g/mol. The molecule has 0 spiro atoms. The average molecular weight is 368 g/mol. The quantitative estimate of drug-likeness (QED) is 0.484. The van der Waals surface area contributed by atoms with Crippen molar-refractivity contribution in [2.24, 2.45) is 0 Å². The Morgan fingerprint density at radius 2 is 1.60 bits per heavy atom. The molecule has 8 heteroatoms. The van der Waals surface area contributed by atoms with Gasteiger partial charge in [0.05, 0.1) is 12.0 Å². The Morgan fingerprint density at radius 3 is 2.20 bits per heavy atom. The van der Waals surface area contributed by atoms with Crippen molar-refractivity contribution in [3.8, 4) is 11.5 Å². The van der Waals surface area contributed by atoms with Crippen LogP contribution in [0, 0.1) is 0 Å². The molecule has 6 nitrogen and oxygen atoms in total. The SMILES string of the molecule is COc1ccc(Nc2ccc3c(O)cc(S(=O)(=O)O)cc3c2)cc1.[Na]. The summed E-state index contributed by atoms with van der Waals surface area (Å²) in [4.78, 5) is -0.353. The van der Waals surface area contributed by atoms with Gasteiger partial charge in [-0.1, -0.05) is 0 Å². The van der Waals surface area contributed by atoms with Crippen LogP contribution in [0.25, 0.3) is 10.8 Å². The van der Waals surface area contributed by atoms with Crippen LogP contribution in [0.3, 0.4) is 0 Å². The van der Waals surface area contributed by atoms with Crippen LogP contribution in [0.4, 0.5) is 11.4 Å². The average Bonchev–Trinajstić information content (AvgIpc) is 2.54. The van der Waals surface area contributed by atoms with Gasteiger partial charge in [-0.25, -0.2) is 0 Å². The van der Waals surface area contributed by atoms with Crippen LogP contribution in [0.1, 0.15) is 0 Å². The molecule has 0 saturated carbocycles. The third-order valence-corrected chi connectivity index (χ3v) is 4.41. The van der Waals surface area contributed by atoms with Gasteiger partial charge in [-0.3, -0.25) is 4.55 Å². The summed E-state index contributed by atoms with van der Waals surface area (Å²) in [6.45, 7) is 0. The van der Waals surface area contributed by atoms with Crippen LogP contribution in [0.2, 0.25) is 0 Å². The smallest absolute Gasteiger partial charge is 0.294 e. The Bertz CT molecular complexity index is 1000. The number of phenolic OH excluding ortho intramolecular Hbond substituents is 1. The molecule has 125 valence electrons. The van der Waals surface area contributed by atoms with E-state index in [-0.39, 0.29) is 40.2 Å². The molecule has 0 heterocycles. The number of phenols is 1. The first-order chi connectivity index (χ1) is 11.4. The fraction of sp³-hybridized carbons (Fsp3) is 0.0588. The number of benzene rings is 3. The third-order valence-electron chi connectivity index (χ3n) is 3.58. The Kier molecular flexibility index (Phi) is 5.97. The first kappa shape index (κ1) is 19.6. The number of nitrogens with one attached hydrogen (secondary N) is 1. The standard InChI is InChI=1S/C17H15NO5S.Na/c1-23-14-5-2-12(3-6-14)18-13-4-7-16-11(8-13)9-15(10-17(16)19)24(20,21)22;/h2-10,18-19H,1H3,(H,20,21,22);. The van der Waals surface area contributed by atoms with Gasteiger partial charge in [-0.15, -0.1) is 0 Å². The summed E-state index contributed by atoms with van der Waals surface area (Å²) in [5, 5.41) is 14.1. The number of hydrogen-bond donors (Lipinski definition) is 3. The van der Waals surface area contributed by atoms with Gasteiger partial charge in [0.1, 0.15) is 11.5 Å². The van der Waals surface area contributed by atoms with Gasteiger partial charge in [0, 0.05) is 52.4 Å². The first-order valence-corrected chi connectivity index (χ1v) is 8.46. The van der Waals surface area contributed by atoms with Crippen LogP contribution < -0.4 is 10.1 Å². The first-order valence-electron chi connectivity index (χ1n) is 7.02. The van der Waals surface area contributed by atoms with Crippen molar-refractivity contribution in [1.82, 2.24) is 0 Å².